The molecule has 0 atom stereocenters. The van der Waals surface area contributed by atoms with E-state index in [1.165, 1.54) is 0 Å². The lowest BCUT2D eigenvalue weighted by Crippen LogP contribution is -2.27. The van der Waals surface area contributed by atoms with Gasteiger partial charge in [-0.25, -0.2) is 0 Å². The van der Waals surface area contributed by atoms with Gasteiger partial charge in [-0.2, -0.15) is 0 Å². The van der Waals surface area contributed by atoms with Gasteiger partial charge in [0.05, 0.1) is 6.54 Å². The number of carbonyl (C=O) groups excluding carboxylic acids is 3. The van der Waals surface area contributed by atoms with Gasteiger partial charge in [0, 0.05) is 42.6 Å². The van der Waals surface area contributed by atoms with E-state index in [9.17, 15) is 14.4 Å². The summed E-state index contributed by atoms with van der Waals surface area (Å²) in [6, 6.07) is 13.9. The third-order valence-corrected chi connectivity index (χ3v) is 4.61. The second-order valence-electron chi connectivity index (χ2n) is 6.64. The lowest BCUT2D eigenvalue weighted by Gasteiger charge is -2.15. The molecule has 1 aliphatic rings. The first kappa shape index (κ1) is 19.4. The largest absolute Gasteiger partial charge is 0.376 e. The molecule has 1 heterocycles. The van der Waals surface area contributed by atoms with Crippen molar-refractivity contribution in [2.45, 2.75) is 12.8 Å². The number of hydrogen-bond acceptors (Lipinski definition) is 4. The quantitative estimate of drug-likeness (QED) is 0.717. The van der Waals surface area contributed by atoms with Gasteiger partial charge in [0.2, 0.25) is 5.91 Å². The summed E-state index contributed by atoms with van der Waals surface area (Å²) < 4.78 is 0. The lowest BCUT2D eigenvalue weighted by atomic mass is 10.2. The molecule has 0 spiro atoms. The summed E-state index contributed by atoms with van der Waals surface area (Å²) in [4.78, 5) is 38.0. The van der Waals surface area contributed by atoms with Crippen molar-refractivity contribution in [3.8, 4) is 0 Å². The topological polar surface area (TPSA) is 90.5 Å². The molecule has 7 nitrogen and oxygen atoms in total. The van der Waals surface area contributed by atoms with Crippen molar-refractivity contribution in [1.82, 2.24) is 10.2 Å². The molecular weight excluding hydrogens is 356 g/mol. The molecular formula is C21H24N4O3. The van der Waals surface area contributed by atoms with Crippen molar-refractivity contribution in [1.29, 1.82) is 0 Å². The maximum atomic E-state index is 12.3. The van der Waals surface area contributed by atoms with Crippen molar-refractivity contribution in [3.63, 3.8) is 0 Å². The average molecular weight is 380 g/mol. The van der Waals surface area contributed by atoms with Gasteiger partial charge < -0.3 is 20.9 Å². The maximum Gasteiger partial charge on any atom is 0.253 e. The third-order valence-electron chi connectivity index (χ3n) is 4.61. The summed E-state index contributed by atoms with van der Waals surface area (Å²) in [6.07, 6.45) is 2.12. The highest BCUT2D eigenvalue weighted by Crippen LogP contribution is 2.15. The van der Waals surface area contributed by atoms with E-state index in [1.807, 2.05) is 4.90 Å². The molecule has 0 saturated carbocycles. The Hall–Kier alpha value is -3.35. The maximum absolute atomic E-state index is 12.3. The van der Waals surface area contributed by atoms with Gasteiger partial charge in [-0.15, -0.1) is 0 Å². The summed E-state index contributed by atoms with van der Waals surface area (Å²) in [5.41, 5.74) is 2.45. The number of benzene rings is 2. The minimum absolute atomic E-state index is 0.0535. The number of likely N-dealkylation sites (tertiary alicyclic amines) is 1. The zero-order valence-electron chi connectivity index (χ0n) is 15.8. The summed E-state index contributed by atoms with van der Waals surface area (Å²) in [6.45, 7) is 1.71. The number of amides is 3. The first-order valence-electron chi connectivity index (χ1n) is 9.32. The molecule has 2 aromatic carbocycles. The molecule has 7 heteroatoms. The van der Waals surface area contributed by atoms with E-state index in [0.29, 0.717) is 16.8 Å². The normalized spacial score (nSPS) is 13.1. The lowest BCUT2D eigenvalue weighted by molar-refractivity contribution is -0.114. The standard InChI is InChI=1S/C21H24N4O3/c1-22-20(27)16-5-4-6-18(13-16)24-19(26)14-23-17-9-7-15(8-10-17)21(28)25-11-2-3-12-25/h4-10,13,23H,2-3,11-12,14H2,1H3,(H,22,27)(H,24,26). The van der Waals surface area contributed by atoms with E-state index in [0.717, 1.165) is 31.6 Å². The predicted octanol–water partition coefficient (Wildman–Crippen LogP) is 2.33. The molecule has 0 radical (unpaired) electrons. The smallest absolute Gasteiger partial charge is 0.253 e. The van der Waals surface area contributed by atoms with Gasteiger partial charge >= 0.3 is 0 Å². The van der Waals surface area contributed by atoms with Crippen LogP contribution in [0.4, 0.5) is 11.4 Å². The minimum atomic E-state index is -0.230. The van der Waals surface area contributed by atoms with E-state index < -0.39 is 0 Å². The van der Waals surface area contributed by atoms with Gasteiger partial charge in [0.15, 0.2) is 0 Å². The predicted molar refractivity (Wildman–Crippen MR) is 109 cm³/mol. The van der Waals surface area contributed by atoms with E-state index in [1.54, 1.807) is 55.6 Å². The number of rotatable bonds is 6. The second-order valence-corrected chi connectivity index (χ2v) is 6.64. The second kappa shape index (κ2) is 9.03. The molecule has 3 rings (SSSR count). The fourth-order valence-electron chi connectivity index (χ4n) is 3.10. The van der Waals surface area contributed by atoms with Crippen LogP contribution in [0.25, 0.3) is 0 Å². The van der Waals surface area contributed by atoms with Crippen LogP contribution in [0.2, 0.25) is 0 Å². The number of hydrogen-bond donors (Lipinski definition) is 3. The highest BCUT2D eigenvalue weighted by molar-refractivity contribution is 5.98. The molecule has 28 heavy (non-hydrogen) atoms. The molecule has 1 fully saturated rings. The van der Waals surface area contributed by atoms with Crippen molar-refractivity contribution in [3.05, 3.63) is 59.7 Å². The Morgan fingerprint density at radius 2 is 1.64 bits per heavy atom. The Morgan fingerprint density at radius 3 is 2.32 bits per heavy atom. The van der Waals surface area contributed by atoms with Crippen LogP contribution in [-0.4, -0.2) is 49.3 Å². The van der Waals surface area contributed by atoms with Crippen LogP contribution >= 0.6 is 0 Å². The molecule has 0 aliphatic carbocycles. The summed E-state index contributed by atoms with van der Waals surface area (Å²) in [5.74, 6) is -0.387. The van der Waals surface area contributed by atoms with Crippen LogP contribution in [0.3, 0.4) is 0 Å². The fraction of sp³-hybridized carbons (Fsp3) is 0.286. The van der Waals surface area contributed by atoms with Gasteiger partial charge in [-0.3, -0.25) is 14.4 Å². The molecule has 3 amide bonds. The van der Waals surface area contributed by atoms with Crippen molar-refractivity contribution in [2.75, 3.05) is 37.3 Å². The van der Waals surface area contributed by atoms with Crippen LogP contribution in [-0.2, 0) is 4.79 Å². The Labute approximate surface area is 164 Å². The molecule has 0 aromatic heterocycles. The van der Waals surface area contributed by atoms with E-state index in [4.69, 9.17) is 0 Å². The molecule has 3 N–H and O–H groups in total. The Balaban J connectivity index is 1.52. The van der Waals surface area contributed by atoms with Crippen molar-refractivity contribution < 1.29 is 14.4 Å². The summed E-state index contributed by atoms with van der Waals surface area (Å²) >= 11 is 0. The van der Waals surface area contributed by atoms with Gasteiger partial charge in [0.25, 0.3) is 11.8 Å². The van der Waals surface area contributed by atoms with Crippen molar-refractivity contribution in [2.24, 2.45) is 0 Å². The highest BCUT2D eigenvalue weighted by Gasteiger charge is 2.19. The first-order valence-corrected chi connectivity index (χ1v) is 9.32. The summed E-state index contributed by atoms with van der Waals surface area (Å²) in [7, 11) is 1.56. The minimum Gasteiger partial charge on any atom is -0.376 e. The van der Waals surface area contributed by atoms with E-state index in [2.05, 4.69) is 16.0 Å². The number of nitrogens with zero attached hydrogens (tertiary/aromatic N) is 1. The van der Waals surface area contributed by atoms with Crippen LogP contribution in [0.15, 0.2) is 48.5 Å². The SMILES string of the molecule is CNC(=O)c1cccc(NC(=O)CNc2ccc(C(=O)N3CCCC3)cc2)c1. The Morgan fingerprint density at radius 1 is 0.929 bits per heavy atom. The number of nitrogens with one attached hydrogen (secondary N) is 3. The van der Waals surface area contributed by atoms with Gasteiger partial charge in [-0.1, -0.05) is 6.07 Å². The van der Waals surface area contributed by atoms with Gasteiger partial charge in [-0.05, 0) is 55.3 Å². The molecule has 0 unspecified atom stereocenters. The first-order chi connectivity index (χ1) is 13.6. The third kappa shape index (κ3) is 4.88. The van der Waals surface area contributed by atoms with Crippen LogP contribution in [0, 0.1) is 0 Å². The van der Waals surface area contributed by atoms with E-state index in [-0.39, 0.29) is 24.3 Å². The van der Waals surface area contributed by atoms with E-state index >= 15 is 0 Å². The molecule has 2 aromatic rings. The molecule has 1 aliphatic heterocycles. The zero-order valence-corrected chi connectivity index (χ0v) is 15.8. The molecule has 0 bridgehead atoms. The van der Waals surface area contributed by atoms with Gasteiger partial charge in [0.1, 0.15) is 0 Å². The van der Waals surface area contributed by atoms with Crippen LogP contribution in [0.1, 0.15) is 33.6 Å². The Bertz CT molecular complexity index is 858. The van der Waals surface area contributed by atoms with Crippen molar-refractivity contribution >= 4 is 29.1 Å². The molecule has 146 valence electrons. The Kier molecular flexibility index (Phi) is 6.26. The van der Waals surface area contributed by atoms with Crippen LogP contribution < -0.4 is 16.0 Å². The average Bonchev–Trinajstić information content (AvgIpc) is 3.26. The number of carbonyl (C=O) groups is 3. The molecule has 1 saturated heterocycles. The zero-order chi connectivity index (χ0) is 19.9. The number of anilines is 2. The van der Waals surface area contributed by atoms with Crippen LogP contribution in [0.5, 0.6) is 0 Å². The monoisotopic (exact) mass is 380 g/mol. The highest BCUT2D eigenvalue weighted by atomic mass is 16.2. The summed E-state index contributed by atoms with van der Waals surface area (Å²) in [5, 5.41) is 8.34. The fourth-order valence-corrected chi connectivity index (χ4v) is 3.10.